The number of fused-ring (bicyclic) bond motifs is 6. The Morgan fingerprint density at radius 1 is 0.381 bits per heavy atom. The average molecular weight is 625 g/mol. The molecule has 6 bridgehead atoms. The van der Waals surface area contributed by atoms with Crippen molar-refractivity contribution in [2.75, 3.05) is 0 Å². The highest BCUT2D eigenvalue weighted by atomic mass is 32.2. The summed E-state index contributed by atoms with van der Waals surface area (Å²) in [5.74, 6) is 5.06. The van der Waals surface area contributed by atoms with Crippen molar-refractivity contribution in [1.82, 2.24) is 0 Å². The Morgan fingerprint density at radius 3 is 0.690 bits per heavy atom. The summed E-state index contributed by atoms with van der Waals surface area (Å²) >= 11 is 5.20. The molecule has 0 atom stereocenters. The van der Waals surface area contributed by atoms with Crippen LogP contribution in [0.3, 0.4) is 0 Å². The molecule has 0 aromatic heterocycles. The van der Waals surface area contributed by atoms with Gasteiger partial charge >= 0.3 is 0 Å². The molecule has 1 aliphatic heterocycles. The third-order valence-corrected chi connectivity index (χ3v) is 11.0. The van der Waals surface area contributed by atoms with E-state index in [0.29, 0.717) is 51.8 Å². The van der Waals surface area contributed by atoms with E-state index in [1.165, 1.54) is 16.7 Å². The molecule has 3 aromatic carbocycles. The van der Waals surface area contributed by atoms with Crippen molar-refractivity contribution in [2.45, 2.75) is 113 Å². The zero-order valence-electron chi connectivity index (χ0n) is 26.8. The molecule has 6 heteroatoms. The molecular weight excluding hydrogens is 577 g/mol. The van der Waals surface area contributed by atoms with Gasteiger partial charge < -0.3 is 15.3 Å². The van der Waals surface area contributed by atoms with E-state index in [1.807, 2.05) is 0 Å². The van der Waals surface area contributed by atoms with E-state index in [0.717, 1.165) is 33.4 Å². The maximum atomic E-state index is 11.4. The van der Waals surface area contributed by atoms with Crippen molar-refractivity contribution in [1.29, 1.82) is 0 Å². The zero-order valence-corrected chi connectivity index (χ0v) is 29.2. The van der Waals surface area contributed by atoms with Gasteiger partial charge in [-0.25, -0.2) is 0 Å². The molecule has 0 amide bonds. The molecule has 0 fully saturated rings. The maximum Gasteiger partial charge on any atom is 0.123 e. The smallest absolute Gasteiger partial charge is 0.123 e. The van der Waals surface area contributed by atoms with Gasteiger partial charge in [0, 0.05) is 67.9 Å². The molecule has 4 rings (SSSR count). The lowest BCUT2D eigenvalue weighted by Gasteiger charge is -2.24. The lowest BCUT2D eigenvalue weighted by Crippen LogP contribution is -2.13. The number of phenolic OH excluding ortho intramolecular Hbond substituents is 3. The Hall–Kier alpha value is -1.89. The van der Waals surface area contributed by atoms with E-state index in [-0.39, 0.29) is 16.2 Å². The van der Waals surface area contributed by atoms with Crippen molar-refractivity contribution in [3.8, 4) is 17.2 Å². The van der Waals surface area contributed by atoms with Gasteiger partial charge in [0.1, 0.15) is 17.2 Å². The minimum atomic E-state index is -0.0520. The molecule has 1 aliphatic rings. The monoisotopic (exact) mass is 624 g/mol. The second-order valence-corrected chi connectivity index (χ2v) is 17.6. The highest BCUT2D eigenvalue weighted by Crippen LogP contribution is 2.41. The number of hydrogen-bond donors (Lipinski definition) is 3. The summed E-state index contributed by atoms with van der Waals surface area (Å²) < 4.78 is 0. The molecule has 0 saturated heterocycles. The SMILES string of the molecule is CC(C)(C)c1cc2c(O)c(c1)CSCc1cc(C(C)(C)C)cc(c1O)CSCc1cc(C(C)(C)C)cc(c1O)CSC2. The Kier molecular flexibility index (Phi) is 9.91. The van der Waals surface area contributed by atoms with E-state index in [9.17, 15) is 15.3 Å². The minimum absolute atomic E-state index is 0.0520. The number of rotatable bonds is 0. The first-order chi connectivity index (χ1) is 19.4. The van der Waals surface area contributed by atoms with Crippen molar-refractivity contribution in [3.05, 3.63) is 86.5 Å². The van der Waals surface area contributed by atoms with Crippen LogP contribution in [-0.2, 0) is 50.8 Å². The van der Waals surface area contributed by atoms with Crippen LogP contribution in [0.5, 0.6) is 17.2 Å². The fourth-order valence-corrected chi connectivity index (χ4v) is 8.00. The molecule has 3 aromatic rings. The zero-order chi connectivity index (χ0) is 31.0. The third kappa shape index (κ3) is 7.78. The molecule has 0 saturated carbocycles. The van der Waals surface area contributed by atoms with Crippen LogP contribution < -0.4 is 0 Å². The van der Waals surface area contributed by atoms with E-state index in [2.05, 4.69) is 98.7 Å². The Labute approximate surface area is 266 Å². The van der Waals surface area contributed by atoms with Crippen molar-refractivity contribution in [3.63, 3.8) is 0 Å². The topological polar surface area (TPSA) is 60.7 Å². The Bertz CT molecular complexity index is 1190. The fraction of sp³-hybridized carbons (Fsp3) is 0.500. The molecule has 42 heavy (non-hydrogen) atoms. The van der Waals surface area contributed by atoms with Gasteiger partial charge in [-0.15, -0.1) is 0 Å². The quantitative estimate of drug-likeness (QED) is 0.231. The highest BCUT2D eigenvalue weighted by molar-refractivity contribution is 7.98. The lowest BCUT2D eigenvalue weighted by molar-refractivity contribution is 0.464. The van der Waals surface area contributed by atoms with Crippen LogP contribution in [-0.4, -0.2) is 15.3 Å². The number of hydrogen-bond acceptors (Lipinski definition) is 6. The third-order valence-electron chi connectivity index (χ3n) is 7.95. The number of aromatic hydroxyl groups is 3. The summed E-state index contributed by atoms with van der Waals surface area (Å²) in [6, 6.07) is 12.9. The van der Waals surface area contributed by atoms with Crippen molar-refractivity contribution >= 4 is 35.3 Å². The fourth-order valence-electron chi connectivity index (χ4n) is 5.05. The highest BCUT2D eigenvalue weighted by Gasteiger charge is 2.23. The molecule has 0 unspecified atom stereocenters. The van der Waals surface area contributed by atoms with Crippen LogP contribution >= 0.6 is 35.3 Å². The van der Waals surface area contributed by atoms with Crippen LogP contribution in [0.25, 0.3) is 0 Å². The lowest BCUT2D eigenvalue weighted by atomic mass is 9.85. The standard InChI is InChI=1S/C36H48O3S3/c1-34(2,3)28-10-22-16-40-18-24-12-29(35(4,5)6)14-26(32(24)38)20-42-21-27-15-30(36(7,8)9)13-25(33(27)39)19-41-17-23(11-28)31(22)37/h10-15,37-39H,16-21H2,1-9H3. The summed E-state index contributed by atoms with van der Waals surface area (Å²) in [5.41, 5.74) is 9.08. The Balaban J connectivity index is 1.83. The van der Waals surface area contributed by atoms with Crippen LogP contribution in [0.15, 0.2) is 36.4 Å². The molecule has 0 aliphatic carbocycles. The summed E-state index contributed by atoms with van der Waals surface area (Å²) in [5, 5.41) is 34.2. The van der Waals surface area contributed by atoms with Crippen molar-refractivity contribution < 1.29 is 15.3 Å². The van der Waals surface area contributed by atoms with E-state index in [1.54, 1.807) is 35.3 Å². The van der Waals surface area contributed by atoms with E-state index >= 15 is 0 Å². The first-order valence-electron chi connectivity index (χ1n) is 14.7. The van der Waals surface area contributed by atoms with Crippen LogP contribution in [0.1, 0.15) is 112 Å². The first-order valence-corrected chi connectivity index (χ1v) is 18.2. The van der Waals surface area contributed by atoms with Gasteiger partial charge in [0.25, 0.3) is 0 Å². The van der Waals surface area contributed by atoms with Crippen LogP contribution in [0.2, 0.25) is 0 Å². The van der Waals surface area contributed by atoms with Gasteiger partial charge in [0.2, 0.25) is 0 Å². The average Bonchev–Trinajstić information content (AvgIpc) is 2.86. The molecule has 0 spiro atoms. The van der Waals surface area contributed by atoms with E-state index < -0.39 is 0 Å². The van der Waals surface area contributed by atoms with Crippen molar-refractivity contribution in [2.24, 2.45) is 0 Å². The molecule has 3 nitrogen and oxygen atoms in total. The summed E-state index contributed by atoms with van der Waals surface area (Å²) in [6.07, 6.45) is 0. The van der Waals surface area contributed by atoms with Gasteiger partial charge in [-0.1, -0.05) is 98.7 Å². The summed E-state index contributed by atoms with van der Waals surface area (Å²) in [6.45, 7) is 19.9. The Morgan fingerprint density at radius 2 is 0.548 bits per heavy atom. The van der Waals surface area contributed by atoms with E-state index in [4.69, 9.17) is 0 Å². The summed E-state index contributed by atoms with van der Waals surface area (Å²) in [4.78, 5) is 0. The normalized spacial score (nSPS) is 15.6. The number of benzene rings is 3. The number of phenols is 3. The van der Waals surface area contributed by atoms with Crippen LogP contribution in [0, 0.1) is 0 Å². The van der Waals surface area contributed by atoms with Gasteiger partial charge in [0.15, 0.2) is 0 Å². The maximum absolute atomic E-state index is 11.4. The molecule has 3 N–H and O–H groups in total. The molecule has 0 radical (unpaired) electrons. The van der Waals surface area contributed by atoms with Crippen LogP contribution in [0.4, 0.5) is 0 Å². The number of thioether (sulfide) groups is 3. The minimum Gasteiger partial charge on any atom is -0.507 e. The second-order valence-electron chi connectivity index (χ2n) is 14.7. The molecular formula is C36H48O3S3. The van der Waals surface area contributed by atoms with Gasteiger partial charge in [-0.2, -0.15) is 35.3 Å². The van der Waals surface area contributed by atoms with Gasteiger partial charge in [0.05, 0.1) is 0 Å². The predicted molar refractivity (Wildman–Crippen MR) is 185 cm³/mol. The first kappa shape index (κ1) is 33.0. The molecule has 1 heterocycles. The predicted octanol–water partition coefficient (Wildman–Crippen LogP) is 10.3. The van der Waals surface area contributed by atoms with Gasteiger partial charge in [-0.05, 0) is 32.9 Å². The second kappa shape index (κ2) is 12.6. The largest absolute Gasteiger partial charge is 0.507 e. The van der Waals surface area contributed by atoms with Gasteiger partial charge in [-0.3, -0.25) is 0 Å². The summed E-state index contributed by atoms with van der Waals surface area (Å²) in [7, 11) is 0. The molecule has 228 valence electrons.